The van der Waals surface area contributed by atoms with Gasteiger partial charge >= 0.3 is 0 Å². The Balaban J connectivity index is 2.04. The maximum absolute atomic E-state index is 9.25. The summed E-state index contributed by atoms with van der Waals surface area (Å²) in [4.78, 5) is 2.28. The quantitative estimate of drug-likeness (QED) is 0.870. The Bertz CT molecular complexity index is 550. The van der Waals surface area contributed by atoms with Crippen LogP contribution in [0.5, 0.6) is 11.5 Å². The molecule has 0 unspecified atom stereocenters. The van der Waals surface area contributed by atoms with Gasteiger partial charge < -0.3 is 19.3 Å². The van der Waals surface area contributed by atoms with E-state index in [0.29, 0.717) is 0 Å². The van der Waals surface area contributed by atoms with Crippen molar-refractivity contribution in [2.24, 2.45) is 0 Å². The van der Waals surface area contributed by atoms with E-state index in [1.807, 2.05) is 12.1 Å². The molecule has 5 nitrogen and oxygen atoms in total. The number of piperidine rings is 1. The van der Waals surface area contributed by atoms with Crippen molar-refractivity contribution in [1.82, 2.24) is 4.90 Å². The molecule has 2 saturated heterocycles. The van der Waals surface area contributed by atoms with Gasteiger partial charge in [-0.05, 0) is 38.8 Å². The van der Waals surface area contributed by atoms with Gasteiger partial charge in [-0.1, -0.05) is 12.1 Å². The number of aliphatic hydroxyl groups is 1. The number of hydrogen-bond acceptors (Lipinski definition) is 5. The van der Waals surface area contributed by atoms with Crippen molar-refractivity contribution in [1.29, 1.82) is 0 Å². The van der Waals surface area contributed by atoms with E-state index in [4.69, 9.17) is 14.2 Å². The molecular weight excluding hydrogens is 294 g/mol. The summed E-state index contributed by atoms with van der Waals surface area (Å²) in [6, 6.07) is 6.11. The molecule has 128 valence electrons. The van der Waals surface area contributed by atoms with E-state index in [0.717, 1.165) is 43.7 Å². The summed E-state index contributed by atoms with van der Waals surface area (Å²) in [7, 11) is 5.49. The maximum Gasteiger partial charge on any atom is 0.164 e. The number of ether oxygens (including phenoxy) is 3. The van der Waals surface area contributed by atoms with Crippen LogP contribution in [0.15, 0.2) is 18.2 Å². The van der Waals surface area contributed by atoms with Crippen LogP contribution in [0.1, 0.15) is 31.2 Å². The molecule has 0 aliphatic carbocycles. The van der Waals surface area contributed by atoms with E-state index in [-0.39, 0.29) is 24.4 Å². The van der Waals surface area contributed by atoms with Crippen LogP contribution in [0.2, 0.25) is 0 Å². The van der Waals surface area contributed by atoms with E-state index in [2.05, 4.69) is 18.0 Å². The first kappa shape index (κ1) is 16.6. The molecule has 0 amide bonds. The van der Waals surface area contributed by atoms with Crippen LogP contribution in [-0.4, -0.2) is 56.8 Å². The topological polar surface area (TPSA) is 51.2 Å². The summed E-state index contributed by atoms with van der Waals surface area (Å²) in [5.41, 5.74) is 1.12. The molecule has 1 N–H and O–H groups in total. The number of hydrogen-bond donors (Lipinski definition) is 1. The van der Waals surface area contributed by atoms with Gasteiger partial charge in [0, 0.05) is 24.1 Å². The lowest BCUT2D eigenvalue weighted by Crippen LogP contribution is -2.43. The molecule has 3 rings (SSSR count). The van der Waals surface area contributed by atoms with Crippen molar-refractivity contribution < 1.29 is 19.3 Å². The fourth-order valence-electron chi connectivity index (χ4n) is 4.17. The minimum atomic E-state index is -0.0633. The molecule has 5 heteroatoms. The summed E-state index contributed by atoms with van der Waals surface area (Å²) in [5.74, 6) is 1.58. The lowest BCUT2D eigenvalue weighted by atomic mass is 9.68. The van der Waals surface area contributed by atoms with Gasteiger partial charge in [0.05, 0.1) is 20.3 Å². The van der Waals surface area contributed by atoms with Crippen LogP contribution in [0, 0.1) is 0 Å². The summed E-state index contributed by atoms with van der Waals surface area (Å²) in [5, 5.41) is 9.25. The number of likely N-dealkylation sites (tertiary alicyclic amines) is 1. The van der Waals surface area contributed by atoms with Gasteiger partial charge in [0.2, 0.25) is 0 Å². The SMILES string of the molecule is COc1cccc([C@@]23CCN(C)[C@@H](C2)O[C@@H]3CCCO)c1OC. The van der Waals surface area contributed by atoms with Crippen molar-refractivity contribution >= 4 is 0 Å². The first-order chi connectivity index (χ1) is 11.2. The second-order valence-corrected chi connectivity index (χ2v) is 6.58. The van der Waals surface area contributed by atoms with Crippen molar-refractivity contribution in [3.05, 3.63) is 23.8 Å². The molecule has 0 saturated carbocycles. The van der Waals surface area contributed by atoms with Crippen molar-refractivity contribution in [2.45, 2.75) is 43.4 Å². The van der Waals surface area contributed by atoms with Crippen LogP contribution in [0.25, 0.3) is 0 Å². The average molecular weight is 321 g/mol. The lowest BCUT2D eigenvalue weighted by Gasteiger charge is -2.39. The van der Waals surface area contributed by atoms with Gasteiger partial charge in [0.25, 0.3) is 0 Å². The van der Waals surface area contributed by atoms with Gasteiger partial charge in [-0.15, -0.1) is 0 Å². The number of methoxy groups -OCH3 is 2. The Hall–Kier alpha value is -1.30. The highest BCUT2D eigenvalue weighted by atomic mass is 16.5. The van der Waals surface area contributed by atoms with E-state index in [1.54, 1.807) is 14.2 Å². The normalized spacial score (nSPS) is 30.4. The molecule has 2 fully saturated rings. The third-order valence-corrected chi connectivity index (χ3v) is 5.44. The van der Waals surface area contributed by atoms with Gasteiger partial charge in [-0.2, -0.15) is 0 Å². The smallest absolute Gasteiger partial charge is 0.164 e. The van der Waals surface area contributed by atoms with Crippen molar-refractivity contribution in [3.63, 3.8) is 0 Å². The second kappa shape index (κ2) is 6.67. The highest BCUT2D eigenvalue weighted by Gasteiger charge is 2.54. The van der Waals surface area contributed by atoms with Gasteiger partial charge in [-0.3, -0.25) is 4.90 Å². The standard InChI is InChI=1S/C18H27NO4/c1-19-10-9-18(12-16(19)23-15(18)8-5-11-20)13-6-4-7-14(21-2)17(13)22-3/h4,6-7,15-16,20H,5,8-12H2,1-3H3/t15-,16-,18-/m1/s1. The van der Waals surface area contributed by atoms with Crippen LogP contribution in [-0.2, 0) is 10.2 Å². The van der Waals surface area contributed by atoms with E-state index < -0.39 is 0 Å². The van der Waals surface area contributed by atoms with Crippen LogP contribution < -0.4 is 9.47 Å². The Morgan fingerprint density at radius 2 is 2.17 bits per heavy atom. The Morgan fingerprint density at radius 3 is 2.87 bits per heavy atom. The highest BCUT2D eigenvalue weighted by Crippen LogP contribution is 2.53. The number of fused-ring (bicyclic) bond motifs is 2. The second-order valence-electron chi connectivity index (χ2n) is 6.58. The summed E-state index contributed by atoms with van der Waals surface area (Å²) >= 11 is 0. The van der Waals surface area contributed by atoms with Gasteiger partial charge in [-0.25, -0.2) is 0 Å². The van der Waals surface area contributed by atoms with Gasteiger partial charge in [0.1, 0.15) is 6.23 Å². The van der Waals surface area contributed by atoms with E-state index >= 15 is 0 Å². The Morgan fingerprint density at radius 1 is 1.35 bits per heavy atom. The first-order valence-corrected chi connectivity index (χ1v) is 8.34. The lowest BCUT2D eigenvalue weighted by molar-refractivity contribution is -0.0390. The number of benzene rings is 1. The monoisotopic (exact) mass is 321 g/mol. The molecule has 1 aromatic carbocycles. The molecule has 0 radical (unpaired) electrons. The van der Waals surface area contributed by atoms with Crippen LogP contribution in [0.4, 0.5) is 0 Å². The highest BCUT2D eigenvalue weighted by molar-refractivity contribution is 5.51. The largest absolute Gasteiger partial charge is 0.493 e. The zero-order valence-electron chi connectivity index (χ0n) is 14.2. The number of nitrogens with zero attached hydrogens (tertiary/aromatic N) is 1. The Labute approximate surface area is 138 Å². The average Bonchev–Trinajstić information content (AvgIpc) is 2.90. The van der Waals surface area contributed by atoms with E-state index in [1.165, 1.54) is 5.56 Å². The fourth-order valence-corrected chi connectivity index (χ4v) is 4.17. The zero-order chi connectivity index (χ0) is 16.4. The molecular formula is C18H27NO4. The van der Waals surface area contributed by atoms with Crippen LogP contribution >= 0.6 is 0 Å². The number of para-hydroxylation sites is 1. The predicted molar refractivity (Wildman–Crippen MR) is 88.1 cm³/mol. The summed E-state index contributed by atoms with van der Waals surface area (Å²) in [6.07, 6.45) is 3.85. The van der Waals surface area contributed by atoms with E-state index in [9.17, 15) is 5.11 Å². The molecule has 2 heterocycles. The predicted octanol–water partition coefficient (Wildman–Crippen LogP) is 2.16. The molecule has 23 heavy (non-hydrogen) atoms. The molecule has 1 aromatic rings. The summed E-state index contributed by atoms with van der Waals surface area (Å²) < 4.78 is 17.5. The molecule has 3 atom stereocenters. The number of rotatable bonds is 6. The van der Waals surface area contributed by atoms with Gasteiger partial charge in [0.15, 0.2) is 11.5 Å². The maximum atomic E-state index is 9.25. The van der Waals surface area contributed by atoms with Crippen molar-refractivity contribution in [3.8, 4) is 11.5 Å². The molecule has 0 spiro atoms. The zero-order valence-corrected chi connectivity index (χ0v) is 14.2. The van der Waals surface area contributed by atoms with Crippen molar-refractivity contribution in [2.75, 3.05) is 34.4 Å². The molecule has 0 aromatic heterocycles. The molecule has 2 bridgehead atoms. The third-order valence-electron chi connectivity index (χ3n) is 5.44. The third kappa shape index (κ3) is 2.71. The first-order valence-electron chi connectivity index (χ1n) is 8.34. The summed E-state index contributed by atoms with van der Waals surface area (Å²) in [6.45, 7) is 1.20. The Kier molecular flexibility index (Phi) is 4.80. The minimum Gasteiger partial charge on any atom is -0.493 e. The minimum absolute atomic E-state index is 0.0633. The number of aliphatic hydroxyl groups excluding tert-OH is 1. The molecule has 2 aliphatic rings. The fraction of sp³-hybridized carbons (Fsp3) is 0.667. The molecule has 2 aliphatic heterocycles. The van der Waals surface area contributed by atoms with Crippen LogP contribution in [0.3, 0.4) is 0 Å².